The van der Waals surface area contributed by atoms with E-state index in [0.717, 1.165) is 5.56 Å². The number of rotatable bonds is 4. The molecule has 8 nitrogen and oxygen atoms in total. The molecule has 0 spiro atoms. The van der Waals surface area contributed by atoms with Crippen molar-refractivity contribution in [2.75, 3.05) is 0 Å². The van der Waals surface area contributed by atoms with Crippen LogP contribution in [-0.4, -0.2) is 42.1 Å². The van der Waals surface area contributed by atoms with Gasteiger partial charge in [0.05, 0.1) is 11.9 Å². The number of hydrogen-bond donors (Lipinski definition) is 2. The highest BCUT2D eigenvalue weighted by Gasteiger charge is 2.15. The molecule has 0 fully saturated rings. The molecule has 0 aliphatic heterocycles. The van der Waals surface area contributed by atoms with Gasteiger partial charge in [-0.25, -0.2) is 19.3 Å². The number of carboxylic acid groups (broad SMARTS) is 2. The fourth-order valence-corrected chi connectivity index (χ4v) is 2.00. The minimum Gasteiger partial charge on any atom is -0.477 e. The number of nitrogens with zero attached hydrogens (tertiary/aromatic N) is 4. The standard InChI is InChI=1S/C15H10N4O4/c20-14(21)11-6-10(7-12(16-11)15(22)23)19-8-13(17-18-19)9-4-2-1-3-5-9/h1-8H,(H,20,21)(H,22,23). The Kier molecular flexibility index (Phi) is 3.55. The summed E-state index contributed by atoms with van der Waals surface area (Å²) in [5.74, 6) is -2.64. The van der Waals surface area contributed by atoms with Crippen molar-refractivity contribution in [3.8, 4) is 16.9 Å². The van der Waals surface area contributed by atoms with E-state index in [1.54, 1.807) is 6.20 Å². The quantitative estimate of drug-likeness (QED) is 0.753. The van der Waals surface area contributed by atoms with Crippen LogP contribution in [-0.2, 0) is 0 Å². The Labute approximate surface area is 129 Å². The minimum absolute atomic E-state index is 0.254. The molecule has 0 radical (unpaired) electrons. The zero-order valence-corrected chi connectivity index (χ0v) is 11.6. The van der Waals surface area contributed by atoms with Crippen LogP contribution in [0.3, 0.4) is 0 Å². The van der Waals surface area contributed by atoms with E-state index in [1.807, 2.05) is 30.3 Å². The Morgan fingerprint density at radius 3 is 2.13 bits per heavy atom. The number of aromatic nitrogens is 4. The summed E-state index contributed by atoms with van der Waals surface area (Å²) in [7, 11) is 0. The maximum Gasteiger partial charge on any atom is 0.354 e. The van der Waals surface area contributed by atoms with E-state index >= 15 is 0 Å². The first-order chi connectivity index (χ1) is 11.0. The predicted molar refractivity (Wildman–Crippen MR) is 78.5 cm³/mol. The highest BCUT2D eigenvalue weighted by atomic mass is 16.4. The molecule has 2 N–H and O–H groups in total. The Balaban J connectivity index is 2.07. The molecule has 0 bridgehead atoms. The zero-order valence-electron chi connectivity index (χ0n) is 11.6. The highest BCUT2D eigenvalue weighted by Crippen LogP contribution is 2.18. The molecule has 8 heteroatoms. The van der Waals surface area contributed by atoms with Crippen LogP contribution in [0.2, 0.25) is 0 Å². The van der Waals surface area contributed by atoms with Gasteiger partial charge in [-0.3, -0.25) is 0 Å². The number of aromatic carboxylic acids is 2. The highest BCUT2D eigenvalue weighted by molar-refractivity contribution is 5.90. The summed E-state index contributed by atoms with van der Waals surface area (Å²) < 4.78 is 1.31. The predicted octanol–water partition coefficient (Wildman–Crippen LogP) is 1.73. The molecule has 0 saturated carbocycles. The van der Waals surface area contributed by atoms with Crippen molar-refractivity contribution < 1.29 is 19.8 Å². The van der Waals surface area contributed by atoms with E-state index in [1.165, 1.54) is 16.8 Å². The number of carboxylic acids is 2. The summed E-state index contributed by atoms with van der Waals surface area (Å²) in [6, 6.07) is 11.8. The van der Waals surface area contributed by atoms with Gasteiger partial charge in [-0.2, -0.15) is 0 Å². The molecule has 3 rings (SSSR count). The topological polar surface area (TPSA) is 118 Å². The molecular formula is C15H10N4O4. The van der Waals surface area contributed by atoms with E-state index in [-0.39, 0.29) is 17.1 Å². The number of carbonyl (C=O) groups is 2. The molecule has 3 aromatic rings. The lowest BCUT2D eigenvalue weighted by atomic mass is 10.2. The van der Waals surface area contributed by atoms with Gasteiger partial charge >= 0.3 is 11.9 Å². The molecule has 0 aliphatic rings. The van der Waals surface area contributed by atoms with Crippen LogP contribution < -0.4 is 0 Å². The SMILES string of the molecule is O=C(O)c1cc(-n2cc(-c3ccccc3)nn2)cc(C(=O)O)n1. The average molecular weight is 310 g/mol. The molecule has 0 saturated heterocycles. The van der Waals surface area contributed by atoms with Gasteiger partial charge in [0.2, 0.25) is 0 Å². The third-order valence-corrected chi connectivity index (χ3v) is 3.08. The van der Waals surface area contributed by atoms with Gasteiger partial charge in [0.1, 0.15) is 5.69 Å². The van der Waals surface area contributed by atoms with Gasteiger partial charge in [-0.1, -0.05) is 35.5 Å². The van der Waals surface area contributed by atoms with E-state index in [4.69, 9.17) is 10.2 Å². The second kappa shape index (κ2) is 5.68. The van der Waals surface area contributed by atoms with Crippen LogP contribution in [0, 0.1) is 0 Å². The number of pyridine rings is 1. The lowest BCUT2D eigenvalue weighted by molar-refractivity contribution is 0.0685. The Bertz CT molecular complexity index is 857. The second-order valence-electron chi connectivity index (χ2n) is 4.62. The number of benzene rings is 1. The van der Waals surface area contributed by atoms with Gasteiger partial charge in [-0.05, 0) is 12.1 Å². The Morgan fingerprint density at radius 1 is 0.957 bits per heavy atom. The van der Waals surface area contributed by atoms with Crippen molar-refractivity contribution in [1.82, 2.24) is 20.0 Å². The summed E-state index contributed by atoms with van der Waals surface area (Å²) in [5.41, 5.74) is 0.915. The van der Waals surface area contributed by atoms with Crippen LogP contribution in [0.1, 0.15) is 21.0 Å². The van der Waals surface area contributed by atoms with E-state index < -0.39 is 11.9 Å². The smallest absolute Gasteiger partial charge is 0.354 e. The number of hydrogen-bond acceptors (Lipinski definition) is 5. The fraction of sp³-hybridized carbons (Fsp3) is 0. The van der Waals surface area contributed by atoms with Crippen molar-refractivity contribution in [1.29, 1.82) is 0 Å². The van der Waals surface area contributed by atoms with Gasteiger partial charge in [0.25, 0.3) is 0 Å². The molecule has 0 amide bonds. The lowest BCUT2D eigenvalue weighted by Gasteiger charge is -2.03. The summed E-state index contributed by atoms with van der Waals surface area (Å²) >= 11 is 0. The summed E-state index contributed by atoms with van der Waals surface area (Å²) in [6.45, 7) is 0. The zero-order chi connectivity index (χ0) is 16.4. The summed E-state index contributed by atoms with van der Waals surface area (Å²) in [6.07, 6.45) is 1.59. The van der Waals surface area contributed by atoms with Crippen LogP contribution in [0.15, 0.2) is 48.7 Å². The lowest BCUT2D eigenvalue weighted by Crippen LogP contribution is -2.10. The monoisotopic (exact) mass is 310 g/mol. The van der Waals surface area contributed by atoms with Gasteiger partial charge < -0.3 is 10.2 Å². The first-order valence-electron chi connectivity index (χ1n) is 6.51. The normalized spacial score (nSPS) is 10.4. The third kappa shape index (κ3) is 2.91. The largest absolute Gasteiger partial charge is 0.477 e. The Hall–Kier alpha value is -3.55. The Morgan fingerprint density at radius 2 is 1.57 bits per heavy atom. The van der Waals surface area contributed by atoms with Crippen molar-refractivity contribution in [3.63, 3.8) is 0 Å². The van der Waals surface area contributed by atoms with E-state index in [2.05, 4.69) is 15.3 Å². The fourth-order valence-electron chi connectivity index (χ4n) is 2.00. The maximum absolute atomic E-state index is 11.1. The summed E-state index contributed by atoms with van der Waals surface area (Å²) in [5, 5.41) is 26.0. The molecule has 23 heavy (non-hydrogen) atoms. The molecule has 114 valence electrons. The molecule has 0 aliphatic carbocycles. The van der Waals surface area contributed by atoms with Gasteiger partial charge in [0, 0.05) is 5.56 Å². The van der Waals surface area contributed by atoms with Crippen molar-refractivity contribution >= 4 is 11.9 Å². The first-order valence-corrected chi connectivity index (χ1v) is 6.51. The molecular weight excluding hydrogens is 300 g/mol. The molecule has 2 aromatic heterocycles. The minimum atomic E-state index is -1.32. The van der Waals surface area contributed by atoms with Crippen LogP contribution >= 0.6 is 0 Å². The van der Waals surface area contributed by atoms with Crippen LogP contribution in [0.5, 0.6) is 0 Å². The van der Waals surface area contributed by atoms with E-state index in [9.17, 15) is 9.59 Å². The van der Waals surface area contributed by atoms with Crippen molar-refractivity contribution in [2.45, 2.75) is 0 Å². The molecule has 2 heterocycles. The van der Waals surface area contributed by atoms with Crippen LogP contribution in [0.4, 0.5) is 0 Å². The maximum atomic E-state index is 11.1. The van der Waals surface area contributed by atoms with Crippen molar-refractivity contribution in [3.05, 3.63) is 60.0 Å². The van der Waals surface area contributed by atoms with Crippen LogP contribution in [0.25, 0.3) is 16.9 Å². The van der Waals surface area contributed by atoms with Crippen molar-refractivity contribution in [2.24, 2.45) is 0 Å². The first kappa shape index (κ1) is 14.4. The second-order valence-corrected chi connectivity index (χ2v) is 4.62. The molecule has 1 aromatic carbocycles. The molecule has 0 atom stereocenters. The average Bonchev–Trinajstić information content (AvgIpc) is 3.05. The van der Waals surface area contributed by atoms with E-state index in [0.29, 0.717) is 5.69 Å². The van der Waals surface area contributed by atoms with Gasteiger partial charge in [0.15, 0.2) is 11.4 Å². The summed E-state index contributed by atoms with van der Waals surface area (Å²) in [4.78, 5) is 25.7. The molecule has 0 unspecified atom stereocenters. The van der Waals surface area contributed by atoms with Gasteiger partial charge in [-0.15, -0.1) is 5.10 Å². The third-order valence-electron chi connectivity index (χ3n) is 3.08.